The van der Waals surface area contributed by atoms with E-state index in [2.05, 4.69) is 4.98 Å². The molecule has 242 valence electrons. The average Bonchev–Trinajstić information content (AvgIpc) is 3.40. The van der Waals surface area contributed by atoms with Crippen LogP contribution in [0.5, 0.6) is 0 Å². The molecule has 1 N–H and O–H groups in total. The minimum Gasteiger partial charge on any atom is -0.478 e. The van der Waals surface area contributed by atoms with Gasteiger partial charge in [-0.2, -0.15) is 0 Å². The topological polar surface area (TPSA) is 102 Å². The van der Waals surface area contributed by atoms with Crippen LogP contribution in [-0.4, -0.2) is 33.6 Å². The minimum atomic E-state index is -2.48. The Hall–Kier alpha value is -4.88. The SMILES string of the molecule is Cc1nc2cc3c(cc2c(=O)n1COC(=O)C(C)(C)C)C(N(C)c1ccc(C(=O)O)c(-c2c(F)c(F)c(F)c(F)c2F)c1F)CC3. The molecule has 5 rings (SSSR count). The first kappa shape index (κ1) is 32.5. The summed E-state index contributed by atoms with van der Waals surface area (Å²) in [6.07, 6.45) is 0.809. The number of halogens is 6. The Morgan fingerprint density at radius 3 is 2.17 bits per heavy atom. The summed E-state index contributed by atoms with van der Waals surface area (Å²) >= 11 is 0. The third-order valence-corrected chi connectivity index (χ3v) is 8.05. The maximum absolute atomic E-state index is 16.1. The van der Waals surface area contributed by atoms with Crippen molar-refractivity contribution in [3.05, 3.63) is 92.0 Å². The molecule has 1 atom stereocenters. The van der Waals surface area contributed by atoms with Crippen LogP contribution in [0.25, 0.3) is 22.0 Å². The van der Waals surface area contributed by atoms with Gasteiger partial charge in [-0.1, -0.05) is 0 Å². The number of aryl methyl sites for hydroxylation is 2. The summed E-state index contributed by atoms with van der Waals surface area (Å²) in [5, 5.41) is 9.79. The third kappa shape index (κ3) is 5.24. The Balaban J connectivity index is 1.61. The second kappa shape index (κ2) is 11.5. The highest BCUT2D eigenvalue weighted by molar-refractivity contribution is 5.97. The van der Waals surface area contributed by atoms with Crippen LogP contribution in [0.4, 0.5) is 32.0 Å². The van der Waals surface area contributed by atoms with E-state index in [0.717, 1.165) is 17.7 Å². The van der Waals surface area contributed by atoms with Crippen molar-refractivity contribution in [1.29, 1.82) is 0 Å². The number of aromatic nitrogens is 2. The standard InChI is InChI=1S/C32H27F6N3O5/c1-13-39-18-10-14-6-8-19(16(14)11-17(18)29(42)41(13)12-46-31(45)32(2,3)4)40(5)20-9-7-15(30(43)44)21(23(20)33)22-24(34)26(36)28(38)27(37)25(22)35/h7,9-11,19H,6,8,12H2,1-5H3,(H,43,44). The summed E-state index contributed by atoms with van der Waals surface area (Å²) in [6.45, 7) is 6.18. The van der Waals surface area contributed by atoms with Gasteiger partial charge in [-0.05, 0) is 75.9 Å². The number of nitrogens with zero attached hydrogens (tertiary/aromatic N) is 3. The van der Waals surface area contributed by atoms with Gasteiger partial charge in [0, 0.05) is 12.6 Å². The molecule has 1 heterocycles. The fourth-order valence-electron chi connectivity index (χ4n) is 5.56. The van der Waals surface area contributed by atoms with E-state index in [1.165, 1.54) is 16.5 Å². The largest absolute Gasteiger partial charge is 0.478 e. The first-order valence-corrected chi connectivity index (χ1v) is 14.0. The van der Waals surface area contributed by atoms with Gasteiger partial charge in [-0.25, -0.2) is 36.1 Å². The van der Waals surface area contributed by atoms with Gasteiger partial charge in [0.25, 0.3) is 5.56 Å². The number of rotatable bonds is 6. The molecule has 0 aliphatic heterocycles. The number of benzene rings is 3. The number of carboxylic acids is 1. The van der Waals surface area contributed by atoms with Crippen LogP contribution in [0.3, 0.4) is 0 Å². The van der Waals surface area contributed by atoms with Crippen LogP contribution in [0.1, 0.15) is 60.5 Å². The lowest BCUT2D eigenvalue weighted by Crippen LogP contribution is -2.30. The number of carbonyl (C=O) groups is 2. The van der Waals surface area contributed by atoms with E-state index in [9.17, 15) is 41.4 Å². The van der Waals surface area contributed by atoms with Crippen molar-refractivity contribution in [3.63, 3.8) is 0 Å². The Kier molecular flexibility index (Phi) is 8.12. The zero-order chi connectivity index (χ0) is 34.0. The molecule has 0 saturated heterocycles. The lowest BCUT2D eigenvalue weighted by Gasteiger charge is -2.29. The van der Waals surface area contributed by atoms with Gasteiger partial charge >= 0.3 is 11.9 Å². The second-order valence-corrected chi connectivity index (χ2v) is 12.0. The van der Waals surface area contributed by atoms with Gasteiger partial charge in [-0.3, -0.25) is 14.2 Å². The van der Waals surface area contributed by atoms with E-state index >= 15 is 4.39 Å². The fraction of sp³-hybridized carbons (Fsp3) is 0.312. The molecule has 0 spiro atoms. The van der Waals surface area contributed by atoms with Crippen molar-refractivity contribution in [3.8, 4) is 11.1 Å². The summed E-state index contributed by atoms with van der Waals surface area (Å²) < 4.78 is 94.1. The van der Waals surface area contributed by atoms with Gasteiger partial charge in [0.1, 0.15) is 5.82 Å². The first-order valence-electron chi connectivity index (χ1n) is 14.0. The molecule has 1 aliphatic rings. The van der Waals surface area contributed by atoms with Crippen molar-refractivity contribution >= 4 is 28.5 Å². The molecule has 0 bridgehead atoms. The van der Waals surface area contributed by atoms with Crippen molar-refractivity contribution in [2.45, 2.75) is 53.3 Å². The number of fused-ring (bicyclic) bond motifs is 2. The average molecular weight is 648 g/mol. The predicted molar refractivity (Wildman–Crippen MR) is 154 cm³/mol. The van der Waals surface area contributed by atoms with Gasteiger partial charge < -0.3 is 14.7 Å². The quantitative estimate of drug-likeness (QED) is 0.109. The molecular formula is C32H27F6N3O5. The number of ether oxygens (including phenoxy) is 1. The molecule has 1 aliphatic carbocycles. The molecule has 14 heteroatoms. The van der Waals surface area contributed by atoms with Crippen LogP contribution in [0, 0.1) is 47.2 Å². The molecule has 46 heavy (non-hydrogen) atoms. The number of anilines is 1. The van der Waals surface area contributed by atoms with Crippen molar-refractivity contribution in [2.24, 2.45) is 5.41 Å². The maximum Gasteiger partial charge on any atom is 0.336 e. The molecule has 0 amide bonds. The first-order chi connectivity index (χ1) is 21.4. The van der Waals surface area contributed by atoms with Crippen LogP contribution in [-0.2, 0) is 22.7 Å². The van der Waals surface area contributed by atoms with E-state index in [-0.39, 0.29) is 12.1 Å². The van der Waals surface area contributed by atoms with E-state index in [1.54, 1.807) is 39.8 Å². The van der Waals surface area contributed by atoms with Crippen molar-refractivity contribution in [2.75, 3.05) is 11.9 Å². The number of hydrogen-bond donors (Lipinski definition) is 1. The van der Waals surface area contributed by atoms with Crippen LogP contribution < -0.4 is 10.5 Å². The minimum absolute atomic E-state index is 0.167. The molecular weight excluding hydrogens is 620 g/mol. The van der Waals surface area contributed by atoms with Gasteiger partial charge in [0.2, 0.25) is 5.82 Å². The predicted octanol–water partition coefficient (Wildman–Crippen LogP) is 6.58. The fourth-order valence-corrected chi connectivity index (χ4v) is 5.56. The molecule has 3 aromatic carbocycles. The summed E-state index contributed by atoms with van der Waals surface area (Å²) in [7, 11) is 1.41. The highest BCUT2D eigenvalue weighted by Gasteiger charge is 2.35. The van der Waals surface area contributed by atoms with Crippen LogP contribution in [0.2, 0.25) is 0 Å². The van der Waals surface area contributed by atoms with E-state index in [4.69, 9.17) is 4.74 Å². The highest BCUT2D eigenvalue weighted by Crippen LogP contribution is 2.43. The third-order valence-electron chi connectivity index (χ3n) is 8.05. The van der Waals surface area contributed by atoms with Gasteiger partial charge in [-0.15, -0.1) is 0 Å². The maximum atomic E-state index is 16.1. The molecule has 0 fully saturated rings. The summed E-state index contributed by atoms with van der Waals surface area (Å²) in [6, 6.07) is 4.42. The van der Waals surface area contributed by atoms with Gasteiger partial charge in [0.15, 0.2) is 35.8 Å². The molecule has 0 saturated carbocycles. The van der Waals surface area contributed by atoms with Crippen molar-refractivity contribution in [1.82, 2.24) is 9.55 Å². The highest BCUT2D eigenvalue weighted by atomic mass is 19.2. The van der Waals surface area contributed by atoms with E-state index in [1.807, 2.05) is 0 Å². The van der Waals surface area contributed by atoms with Gasteiger partial charge in [0.05, 0.1) is 39.2 Å². The summed E-state index contributed by atoms with van der Waals surface area (Å²) in [5.41, 5.74) is -4.07. The Morgan fingerprint density at radius 1 is 0.978 bits per heavy atom. The summed E-state index contributed by atoms with van der Waals surface area (Å²) in [4.78, 5) is 43.5. The van der Waals surface area contributed by atoms with E-state index in [0.29, 0.717) is 29.7 Å². The van der Waals surface area contributed by atoms with Crippen LogP contribution >= 0.6 is 0 Å². The molecule has 0 radical (unpaired) electrons. The number of esters is 1. The molecule has 1 aromatic heterocycles. The number of carbonyl (C=O) groups excluding carboxylic acids is 1. The Labute approximate surface area is 257 Å². The number of aromatic carboxylic acids is 1. The second-order valence-electron chi connectivity index (χ2n) is 12.0. The molecule has 4 aromatic rings. The number of carboxylic acid groups (broad SMARTS) is 1. The number of hydrogen-bond acceptors (Lipinski definition) is 6. The van der Waals surface area contributed by atoms with Crippen molar-refractivity contribution < 1.29 is 45.8 Å². The lowest BCUT2D eigenvalue weighted by molar-refractivity contribution is -0.157. The zero-order valence-electron chi connectivity index (χ0n) is 25.2. The smallest absolute Gasteiger partial charge is 0.336 e. The Morgan fingerprint density at radius 2 is 1.59 bits per heavy atom. The van der Waals surface area contributed by atoms with E-state index < -0.39 is 86.2 Å². The monoisotopic (exact) mass is 647 g/mol. The molecule has 1 unspecified atom stereocenters. The normalized spacial score (nSPS) is 14.5. The zero-order valence-corrected chi connectivity index (χ0v) is 25.2. The Bertz CT molecular complexity index is 1990. The lowest BCUT2D eigenvalue weighted by atomic mass is 9.95. The van der Waals surface area contributed by atoms with Crippen LogP contribution in [0.15, 0.2) is 29.1 Å². The summed E-state index contributed by atoms with van der Waals surface area (Å²) in [5.74, 6) is -15.6. The molecule has 8 nitrogen and oxygen atoms in total.